The predicted molar refractivity (Wildman–Crippen MR) is 90.4 cm³/mol. The van der Waals surface area contributed by atoms with E-state index in [0.29, 0.717) is 6.04 Å². The van der Waals surface area contributed by atoms with Crippen molar-refractivity contribution < 1.29 is 0 Å². The van der Waals surface area contributed by atoms with Crippen molar-refractivity contribution in [2.75, 3.05) is 33.7 Å². The summed E-state index contributed by atoms with van der Waals surface area (Å²) < 4.78 is 0. The number of nitrogens with one attached hydrogen (secondary N) is 1. The van der Waals surface area contributed by atoms with E-state index in [9.17, 15) is 0 Å². The van der Waals surface area contributed by atoms with E-state index in [0.717, 1.165) is 19.6 Å². The van der Waals surface area contributed by atoms with Crippen molar-refractivity contribution in [1.82, 2.24) is 15.1 Å². The second kappa shape index (κ2) is 8.52. The van der Waals surface area contributed by atoms with Crippen molar-refractivity contribution in [1.29, 1.82) is 0 Å². The van der Waals surface area contributed by atoms with Crippen LogP contribution in [0, 0.1) is 0 Å². The first kappa shape index (κ1) is 16.5. The van der Waals surface area contributed by atoms with Gasteiger partial charge in [0.25, 0.3) is 0 Å². The van der Waals surface area contributed by atoms with Crippen LogP contribution in [0.3, 0.4) is 0 Å². The van der Waals surface area contributed by atoms with Crippen LogP contribution in [0.1, 0.15) is 37.3 Å². The van der Waals surface area contributed by atoms with Crippen LogP contribution < -0.4 is 5.32 Å². The third kappa shape index (κ3) is 5.10. The van der Waals surface area contributed by atoms with Gasteiger partial charge in [0.2, 0.25) is 0 Å². The van der Waals surface area contributed by atoms with E-state index in [-0.39, 0.29) is 0 Å². The first-order valence-corrected chi connectivity index (χ1v) is 8.37. The quantitative estimate of drug-likeness (QED) is 0.779. The maximum Gasteiger partial charge on any atom is 0.0237 e. The molecule has 3 nitrogen and oxygen atoms in total. The highest BCUT2D eigenvalue weighted by Crippen LogP contribution is 2.18. The molecule has 118 valence electrons. The summed E-state index contributed by atoms with van der Waals surface area (Å²) in [6.07, 6.45) is 3.85. The zero-order chi connectivity index (χ0) is 15.1. The van der Waals surface area contributed by atoms with Gasteiger partial charge in [-0.2, -0.15) is 0 Å². The number of benzene rings is 1. The summed E-state index contributed by atoms with van der Waals surface area (Å²) in [6, 6.07) is 9.61. The number of nitrogens with zero attached hydrogens (tertiary/aromatic N) is 2. The summed E-state index contributed by atoms with van der Waals surface area (Å²) in [5, 5.41) is 3.53. The van der Waals surface area contributed by atoms with Crippen LogP contribution in [0.5, 0.6) is 0 Å². The monoisotopic (exact) mass is 289 g/mol. The molecule has 1 fully saturated rings. The largest absolute Gasteiger partial charge is 0.313 e. The van der Waals surface area contributed by atoms with Crippen LogP contribution in [0.25, 0.3) is 0 Å². The maximum absolute atomic E-state index is 3.53. The minimum Gasteiger partial charge on any atom is -0.313 e. The molecule has 0 radical (unpaired) electrons. The summed E-state index contributed by atoms with van der Waals surface area (Å²) in [6.45, 7) is 7.84. The number of hydrogen-bond donors (Lipinski definition) is 1. The summed E-state index contributed by atoms with van der Waals surface area (Å²) in [5.41, 5.74) is 2.94. The van der Waals surface area contributed by atoms with Gasteiger partial charge >= 0.3 is 0 Å². The molecule has 1 saturated heterocycles. The number of likely N-dealkylation sites (N-methyl/N-ethyl adjacent to an activating group) is 1. The smallest absolute Gasteiger partial charge is 0.0237 e. The molecule has 0 aromatic heterocycles. The third-order valence-corrected chi connectivity index (χ3v) is 4.47. The van der Waals surface area contributed by atoms with Gasteiger partial charge < -0.3 is 10.2 Å². The zero-order valence-corrected chi connectivity index (χ0v) is 13.9. The molecule has 0 amide bonds. The van der Waals surface area contributed by atoms with Gasteiger partial charge in [0.15, 0.2) is 0 Å². The van der Waals surface area contributed by atoms with Gasteiger partial charge in [0.1, 0.15) is 0 Å². The Morgan fingerprint density at radius 3 is 2.71 bits per heavy atom. The second-order valence-corrected chi connectivity index (χ2v) is 6.44. The average molecular weight is 289 g/mol. The van der Waals surface area contributed by atoms with Crippen LogP contribution in [-0.4, -0.2) is 49.6 Å². The highest BCUT2D eigenvalue weighted by Gasteiger charge is 2.21. The first-order valence-electron chi connectivity index (χ1n) is 8.37. The number of likely N-dealkylation sites (tertiary alicyclic amines) is 1. The lowest BCUT2D eigenvalue weighted by molar-refractivity contribution is 0.127. The summed E-state index contributed by atoms with van der Waals surface area (Å²) in [7, 11) is 4.41. The zero-order valence-electron chi connectivity index (χ0n) is 13.9. The normalized spacial score (nSPS) is 20.1. The van der Waals surface area contributed by atoms with Gasteiger partial charge in [-0.1, -0.05) is 31.2 Å². The van der Waals surface area contributed by atoms with E-state index in [1.807, 2.05) is 0 Å². The standard InChI is InChI=1S/C18H31N3/c1-4-11-19-13-16-8-5-6-9-17(16)14-21-12-7-10-18(15-21)20(2)3/h5-6,8-9,18-19H,4,7,10-15H2,1-3H3. The average Bonchev–Trinajstić information content (AvgIpc) is 2.49. The third-order valence-electron chi connectivity index (χ3n) is 4.47. The van der Waals surface area contributed by atoms with Crippen molar-refractivity contribution >= 4 is 0 Å². The van der Waals surface area contributed by atoms with Crippen LogP contribution in [0.4, 0.5) is 0 Å². The second-order valence-electron chi connectivity index (χ2n) is 6.44. The van der Waals surface area contributed by atoms with Gasteiger partial charge in [-0.05, 0) is 57.6 Å². The van der Waals surface area contributed by atoms with Crippen molar-refractivity contribution in [2.45, 2.75) is 45.3 Å². The van der Waals surface area contributed by atoms with Crippen LogP contribution in [-0.2, 0) is 13.1 Å². The fraction of sp³-hybridized carbons (Fsp3) is 0.667. The van der Waals surface area contributed by atoms with Crippen molar-refractivity contribution in [2.24, 2.45) is 0 Å². The van der Waals surface area contributed by atoms with E-state index in [4.69, 9.17) is 0 Å². The minimum atomic E-state index is 0.712. The van der Waals surface area contributed by atoms with E-state index in [1.165, 1.54) is 43.5 Å². The molecule has 0 saturated carbocycles. The van der Waals surface area contributed by atoms with E-state index in [2.05, 4.69) is 60.4 Å². The molecule has 1 aromatic carbocycles. The molecule has 1 N–H and O–H groups in total. The topological polar surface area (TPSA) is 18.5 Å². The fourth-order valence-electron chi connectivity index (χ4n) is 3.12. The molecule has 0 spiro atoms. The maximum atomic E-state index is 3.53. The minimum absolute atomic E-state index is 0.712. The SMILES string of the molecule is CCCNCc1ccccc1CN1CCCC(N(C)C)C1. The van der Waals surface area contributed by atoms with Crippen LogP contribution >= 0.6 is 0 Å². The lowest BCUT2D eigenvalue weighted by Gasteiger charge is -2.36. The van der Waals surface area contributed by atoms with E-state index in [1.54, 1.807) is 0 Å². The molecule has 1 unspecified atom stereocenters. The molecule has 1 aliphatic rings. The summed E-state index contributed by atoms with van der Waals surface area (Å²) in [5.74, 6) is 0. The Bertz CT molecular complexity index is 417. The Balaban J connectivity index is 1.95. The molecule has 2 rings (SSSR count). The van der Waals surface area contributed by atoms with Gasteiger partial charge in [0, 0.05) is 25.7 Å². The van der Waals surface area contributed by atoms with Gasteiger partial charge in [-0.15, -0.1) is 0 Å². The molecule has 21 heavy (non-hydrogen) atoms. The van der Waals surface area contributed by atoms with Crippen molar-refractivity contribution in [3.63, 3.8) is 0 Å². The molecule has 3 heteroatoms. The molecule has 1 aromatic rings. The van der Waals surface area contributed by atoms with Crippen LogP contribution in [0.2, 0.25) is 0 Å². The fourth-order valence-corrected chi connectivity index (χ4v) is 3.12. The Morgan fingerprint density at radius 1 is 1.24 bits per heavy atom. The summed E-state index contributed by atoms with van der Waals surface area (Å²) >= 11 is 0. The van der Waals surface area contributed by atoms with Crippen molar-refractivity contribution in [3.05, 3.63) is 35.4 Å². The molecule has 1 atom stereocenters. The molecular weight excluding hydrogens is 258 g/mol. The predicted octanol–water partition coefficient (Wildman–Crippen LogP) is 2.71. The molecule has 0 aliphatic carbocycles. The number of piperidine rings is 1. The molecule has 1 aliphatic heterocycles. The Kier molecular flexibility index (Phi) is 6.68. The van der Waals surface area contributed by atoms with Gasteiger partial charge in [-0.25, -0.2) is 0 Å². The summed E-state index contributed by atoms with van der Waals surface area (Å²) in [4.78, 5) is 4.99. The molecular formula is C18H31N3. The first-order chi connectivity index (χ1) is 10.2. The lowest BCUT2D eigenvalue weighted by atomic mass is 10.0. The van der Waals surface area contributed by atoms with Gasteiger partial charge in [-0.3, -0.25) is 4.90 Å². The lowest BCUT2D eigenvalue weighted by Crippen LogP contribution is -2.44. The number of hydrogen-bond acceptors (Lipinski definition) is 3. The highest BCUT2D eigenvalue weighted by atomic mass is 15.2. The van der Waals surface area contributed by atoms with Crippen LogP contribution in [0.15, 0.2) is 24.3 Å². The highest BCUT2D eigenvalue weighted by molar-refractivity contribution is 5.27. The van der Waals surface area contributed by atoms with E-state index < -0.39 is 0 Å². The van der Waals surface area contributed by atoms with Crippen molar-refractivity contribution in [3.8, 4) is 0 Å². The van der Waals surface area contributed by atoms with Gasteiger partial charge in [0.05, 0.1) is 0 Å². The number of rotatable bonds is 7. The Hall–Kier alpha value is -0.900. The van der Waals surface area contributed by atoms with E-state index >= 15 is 0 Å². The Morgan fingerprint density at radius 2 is 2.00 bits per heavy atom. The molecule has 1 heterocycles. The molecule has 0 bridgehead atoms. The Labute approximate surface area is 130 Å².